The standard InChI is InChI=1S/C46H83N3O15/c1-16-20-47-33(50)19-18-21-48-43(55)64-40-30(8)60-34(24-45(40,10)58-15)62-37-28(6)39(63-42-36(52)31(49(12)13)22-26(4)59-42)44(9,57-14)23-25(3)35(51)27(5)38(53)46(11,56)32(17-2)61-41(54)29(37)7/h25-32,34,36-40,42,52-53,56H,16-24H2,1-15H3,(H,47,50)(H,48,55)/t25-,26-,27+,28+,29-,30+,31+,32-,34+,36-,37+,38-,39-,40+,42+,44-,45-,46-/m1/s1. The predicted molar refractivity (Wildman–Crippen MR) is 236 cm³/mol. The molecule has 18 atom stereocenters. The third kappa shape index (κ3) is 13.6. The number of aliphatic hydroxyl groups excluding tert-OH is 2. The largest absolute Gasteiger partial charge is 0.459 e. The molecule has 64 heavy (non-hydrogen) atoms. The molecule has 3 fully saturated rings. The molecular formula is C46H83N3O15. The van der Waals surface area contributed by atoms with Crippen LogP contribution in [0.15, 0.2) is 0 Å². The van der Waals surface area contributed by atoms with Gasteiger partial charge in [0, 0.05) is 63.9 Å². The maximum atomic E-state index is 14.4. The third-order valence-electron chi connectivity index (χ3n) is 13.9. The van der Waals surface area contributed by atoms with Crippen LogP contribution in [0.5, 0.6) is 0 Å². The number of hydrogen-bond acceptors (Lipinski definition) is 16. The number of Topliss-reactive ketones (excluding diaryl/α,β-unsaturated/α-hetero) is 1. The van der Waals surface area contributed by atoms with E-state index in [9.17, 15) is 34.5 Å². The fourth-order valence-corrected chi connectivity index (χ4v) is 9.74. The molecule has 0 aromatic rings. The molecule has 3 heterocycles. The number of aliphatic hydroxyl groups is 3. The molecule has 3 rings (SSSR count). The zero-order chi connectivity index (χ0) is 48.5. The van der Waals surface area contributed by atoms with Gasteiger partial charge in [-0.3, -0.25) is 14.4 Å². The Labute approximate surface area is 381 Å². The summed E-state index contributed by atoms with van der Waals surface area (Å²) in [5.41, 5.74) is -4.48. The minimum atomic E-state index is -2.01. The number of likely N-dealkylation sites (N-methyl/N-ethyl adjacent to an activating group) is 1. The van der Waals surface area contributed by atoms with Gasteiger partial charge in [0.05, 0.1) is 42.0 Å². The first-order valence-electron chi connectivity index (χ1n) is 23.2. The minimum absolute atomic E-state index is 0.0375. The molecule has 18 nitrogen and oxygen atoms in total. The smallest absolute Gasteiger partial charge is 0.407 e. The summed E-state index contributed by atoms with van der Waals surface area (Å²) in [5, 5.41) is 40.6. The summed E-state index contributed by atoms with van der Waals surface area (Å²) < 4.78 is 50.7. The van der Waals surface area contributed by atoms with Gasteiger partial charge in [-0.2, -0.15) is 0 Å². The highest BCUT2D eigenvalue weighted by molar-refractivity contribution is 5.83. The van der Waals surface area contributed by atoms with Crippen LogP contribution in [0, 0.1) is 23.7 Å². The number of cyclic esters (lactones) is 1. The summed E-state index contributed by atoms with van der Waals surface area (Å²) in [6.45, 7) is 19.7. The average molecular weight is 918 g/mol. The Hall–Kier alpha value is -2.52. The Kier molecular flexibility index (Phi) is 20.9. The zero-order valence-electron chi connectivity index (χ0n) is 41.2. The Morgan fingerprint density at radius 1 is 0.859 bits per heavy atom. The number of nitrogens with one attached hydrogen (secondary N) is 2. The van der Waals surface area contributed by atoms with E-state index >= 15 is 0 Å². The molecule has 5 N–H and O–H groups in total. The van der Waals surface area contributed by atoms with Crippen molar-refractivity contribution >= 4 is 23.8 Å². The normalized spacial score (nSPS) is 41.8. The van der Waals surface area contributed by atoms with Crippen LogP contribution < -0.4 is 10.6 Å². The van der Waals surface area contributed by atoms with Crippen LogP contribution in [0.4, 0.5) is 4.79 Å². The minimum Gasteiger partial charge on any atom is -0.459 e. The summed E-state index contributed by atoms with van der Waals surface area (Å²) in [7, 11) is 6.71. The van der Waals surface area contributed by atoms with E-state index in [2.05, 4.69) is 10.6 Å². The highest BCUT2D eigenvalue weighted by atomic mass is 16.7. The van der Waals surface area contributed by atoms with Gasteiger partial charge in [0.25, 0.3) is 0 Å². The van der Waals surface area contributed by atoms with Crippen LogP contribution >= 0.6 is 0 Å². The predicted octanol–water partition coefficient (Wildman–Crippen LogP) is 3.48. The number of rotatable bonds is 15. The van der Waals surface area contributed by atoms with Crippen LogP contribution in [0.3, 0.4) is 0 Å². The molecule has 3 saturated heterocycles. The number of ether oxygens (including phenoxy) is 8. The molecule has 3 aliphatic heterocycles. The first kappa shape index (κ1) is 55.8. The van der Waals surface area contributed by atoms with Crippen molar-refractivity contribution in [2.45, 2.75) is 205 Å². The average Bonchev–Trinajstić information content (AvgIpc) is 3.24. The van der Waals surface area contributed by atoms with Crippen molar-refractivity contribution in [1.29, 1.82) is 0 Å². The van der Waals surface area contributed by atoms with Crippen molar-refractivity contribution in [3.8, 4) is 0 Å². The number of carbonyl (C=O) groups is 4. The maximum Gasteiger partial charge on any atom is 0.407 e. The molecule has 0 saturated carbocycles. The quantitative estimate of drug-likeness (QED) is 0.117. The lowest BCUT2D eigenvalue weighted by Gasteiger charge is -2.50. The van der Waals surface area contributed by atoms with Gasteiger partial charge in [0.1, 0.15) is 29.2 Å². The van der Waals surface area contributed by atoms with Crippen molar-refractivity contribution < 1.29 is 72.4 Å². The van der Waals surface area contributed by atoms with Crippen LogP contribution in [0.2, 0.25) is 0 Å². The highest BCUT2D eigenvalue weighted by Gasteiger charge is 2.55. The molecule has 2 amide bonds. The van der Waals surface area contributed by atoms with Gasteiger partial charge in [0.2, 0.25) is 5.91 Å². The lowest BCUT2D eigenvalue weighted by atomic mass is 9.74. The third-order valence-corrected chi connectivity index (χ3v) is 13.9. The Morgan fingerprint density at radius 3 is 2.06 bits per heavy atom. The van der Waals surface area contributed by atoms with Gasteiger partial charge in [-0.1, -0.05) is 34.6 Å². The number of carbonyl (C=O) groups excluding carboxylic acids is 4. The van der Waals surface area contributed by atoms with E-state index in [1.54, 1.807) is 48.5 Å². The van der Waals surface area contributed by atoms with Gasteiger partial charge >= 0.3 is 12.1 Å². The van der Waals surface area contributed by atoms with Crippen LogP contribution in [0.25, 0.3) is 0 Å². The second kappa shape index (κ2) is 24.0. The topological polar surface area (TPSA) is 230 Å². The molecule has 18 heteroatoms. The Morgan fingerprint density at radius 2 is 1.48 bits per heavy atom. The molecule has 0 radical (unpaired) electrons. The van der Waals surface area contributed by atoms with E-state index in [1.165, 1.54) is 21.1 Å². The maximum absolute atomic E-state index is 14.4. The fraction of sp³-hybridized carbons (Fsp3) is 0.913. The van der Waals surface area contributed by atoms with Crippen LogP contribution in [-0.4, -0.2) is 170 Å². The Bertz CT molecular complexity index is 1520. The highest BCUT2D eigenvalue weighted by Crippen LogP contribution is 2.42. The molecule has 0 spiro atoms. The first-order valence-corrected chi connectivity index (χ1v) is 23.2. The number of hydrogen-bond donors (Lipinski definition) is 5. The van der Waals surface area contributed by atoms with E-state index in [0.717, 1.165) is 6.42 Å². The molecule has 372 valence electrons. The second-order valence-corrected chi connectivity index (χ2v) is 19.4. The molecule has 0 aliphatic carbocycles. The molecule has 0 aromatic heterocycles. The lowest BCUT2D eigenvalue weighted by molar-refractivity contribution is -0.319. The second-order valence-electron chi connectivity index (χ2n) is 19.4. The summed E-state index contributed by atoms with van der Waals surface area (Å²) in [4.78, 5) is 55.6. The van der Waals surface area contributed by atoms with Gasteiger partial charge in [-0.15, -0.1) is 0 Å². The van der Waals surface area contributed by atoms with E-state index in [-0.39, 0.29) is 56.1 Å². The molecule has 3 aliphatic rings. The number of ketones is 1. The van der Waals surface area contributed by atoms with Crippen molar-refractivity contribution in [3.05, 3.63) is 0 Å². The SMILES string of the molecule is CCCNC(=O)CCCNC(=O)O[C@H]1[C@H](C)O[C@@H](O[C@H]2[C@H](C)[C@@H](O[C@@H]3O[C@H](C)C[C@H](N(C)C)[C@H]3O)[C@](C)(OC)C[C@@H](C)C(=O)[C@H](C)[C@@H](O)[C@](C)(O)[C@@H](CC)OC(=O)[C@@H]2C)C[C@@]1(C)OC. The van der Waals surface area contributed by atoms with Crippen molar-refractivity contribution in [2.75, 3.05) is 41.4 Å². The summed E-state index contributed by atoms with van der Waals surface area (Å²) >= 11 is 0. The van der Waals surface area contributed by atoms with Crippen molar-refractivity contribution in [2.24, 2.45) is 23.7 Å². The van der Waals surface area contributed by atoms with E-state index in [0.29, 0.717) is 19.4 Å². The van der Waals surface area contributed by atoms with Crippen molar-refractivity contribution in [1.82, 2.24) is 15.5 Å². The number of esters is 1. The van der Waals surface area contributed by atoms with Gasteiger partial charge in [0.15, 0.2) is 18.7 Å². The number of methoxy groups -OCH3 is 2. The lowest BCUT2D eigenvalue weighted by Crippen LogP contribution is -2.62. The van der Waals surface area contributed by atoms with E-state index < -0.39 is 108 Å². The van der Waals surface area contributed by atoms with E-state index in [4.69, 9.17) is 37.9 Å². The van der Waals surface area contributed by atoms with Crippen LogP contribution in [-0.2, 0) is 52.3 Å². The van der Waals surface area contributed by atoms with Gasteiger partial charge < -0.3 is 68.7 Å². The summed E-state index contributed by atoms with van der Waals surface area (Å²) in [6, 6.07) is -0.322. The van der Waals surface area contributed by atoms with Gasteiger partial charge in [-0.25, -0.2) is 4.79 Å². The summed E-state index contributed by atoms with van der Waals surface area (Å²) in [5.74, 6) is -4.86. The summed E-state index contributed by atoms with van der Waals surface area (Å²) in [6.07, 6.45) is -8.68. The van der Waals surface area contributed by atoms with E-state index in [1.807, 2.05) is 39.8 Å². The monoisotopic (exact) mass is 918 g/mol. The molecule has 0 unspecified atom stereocenters. The van der Waals surface area contributed by atoms with Gasteiger partial charge in [-0.05, 0) is 87.7 Å². The molecule has 0 bridgehead atoms. The van der Waals surface area contributed by atoms with Crippen LogP contribution in [0.1, 0.15) is 121 Å². The fourth-order valence-electron chi connectivity index (χ4n) is 9.74. The zero-order valence-corrected chi connectivity index (χ0v) is 41.2. The molecule has 0 aromatic carbocycles. The first-order chi connectivity index (χ1) is 29.8. The number of nitrogens with zero attached hydrogens (tertiary/aromatic N) is 1. The molecular weight excluding hydrogens is 835 g/mol. The number of amides is 2. The van der Waals surface area contributed by atoms with Crippen molar-refractivity contribution in [3.63, 3.8) is 0 Å². The number of alkyl carbamates (subject to hydrolysis) is 1. The Balaban J connectivity index is 2.08.